The van der Waals surface area contributed by atoms with Crippen molar-refractivity contribution in [1.29, 1.82) is 5.26 Å². The Balaban J connectivity index is 1.71. The summed E-state index contributed by atoms with van der Waals surface area (Å²) < 4.78 is 49.0. The molecule has 0 aromatic heterocycles. The van der Waals surface area contributed by atoms with Crippen molar-refractivity contribution in [3.8, 4) is 11.8 Å². The third kappa shape index (κ3) is 5.50. The van der Waals surface area contributed by atoms with Gasteiger partial charge in [0.2, 0.25) is 0 Å². The third-order valence-corrected chi connectivity index (χ3v) is 5.87. The quantitative estimate of drug-likeness (QED) is 0.218. The van der Waals surface area contributed by atoms with Crippen LogP contribution in [0.25, 0.3) is 0 Å². The standard InChI is InChI=1S/C22H15FN2O7S/c1-14-2-6-18(25(27)28)11-21(14)33(29,30)32-19-7-4-16(5-8-19)22(26)31-13-17-10-15(12-24)3-9-20(17)23/h2-11H,13H2,1H3. The van der Waals surface area contributed by atoms with Crippen molar-refractivity contribution >= 4 is 21.8 Å². The Morgan fingerprint density at radius 2 is 1.82 bits per heavy atom. The first-order chi connectivity index (χ1) is 15.6. The normalized spacial score (nSPS) is 10.8. The van der Waals surface area contributed by atoms with E-state index in [2.05, 4.69) is 0 Å². The van der Waals surface area contributed by atoms with E-state index in [1.165, 1.54) is 55.5 Å². The van der Waals surface area contributed by atoms with Gasteiger partial charge < -0.3 is 8.92 Å². The highest BCUT2D eigenvalue weighted by molar-refractivity contribution is 7.87. The first kappa shape index (κ1) is 23.4. The zero-order valence-electron chi connectivity index (χ0n) is 17.0. The maximum atomic E-state index is 13.8. The highest BCUT2D eigenvalue weighted by Gasteiger charge is 2.23. The molecule has 0 bridgehead atoms. The van der Waals surface area contributed by atoms with E-state index in [0.29, 0.717) is 0 Å². The van der Waals surface area contributed by atoms with Crippen LogP contribution >= 0.6 is 0 Å². The minimum atomic E-state index is -4.38. The molecule has 0 saturated heterocycles. The van der Waals surface area contributed by atoms with E-state index in [9.17, 15) is 27.7 Å². The summed E-state index contributed by atoms with van der Waals surface area (Å²) in [7, 11) is -4.38. The van der Waals surface area contributed by atoms with Crippen molar-refractivity contribution in [2.24, 2.45) is 0 Å². The molecule has 9 nitrogen and oxygen atoms in total. The van der Waals surface area contributed by atoms with E-state index < -0.39 is 39.1 Å². The van der Waals surface area contributed by atoms with Gasteiger partial charge in [0.15, 0.2) is 0 Å². The van der Waals surface area contributed by atoms with Gasteiger partial charge in [0, 0.05) is 17.7 Å². The van der Waals surface area contributed by atoms with Gasteiger partial charge in [0.25, 0.3) is 5.69 Å². The molecule has 11 heteroatoms. The van der Waals surface area contributed by atoms with Gasteiger partial charge in [0.05, 0.1) is 22.1 Å². The van der Waals surface area contributed by atoms with Gasteiger partial charge >= 0.3 is 16.1 Å². The van der Waals surface area contributed by atoms with Crippen LogP contribution in [0.15, 0.2) is 65.6 Å². The number of ether oxygens (including phenoxy) is 1. The number of carbonyl (C=O) groups excluding carboxylic acids is 1. The van der Waals surface area contributed by atoms with Gasteiger partial charge in [-0.25, -0.2) is 9.18 Å². The Hall–Kier alpha value is -4.30. The van der Waals surface area contributed by atoms with E-state index >= 15 is 0 Å². The molecule has 0 saturated carbocycles. The highest BCUT2D eigenvalue weighted by atomic mass is 32.2. The Morgan fingerprint density at radius 1 is 1.12 bits per heavy atom. The van der Waals surface area contributed by atoms with Crippen LogP contribution in [0.3, 0.4) is 0 Å². The summed E-state index contributed by atoms with van der Waals surface area (Å²) in [5.74, 6) is -1.57. The fourth-order valence-corrected chi connectivity index (χ4v) is 3.95. The number of rotatable bonds is 7. The molecule has 0 N–H and O–H groups in total. The lowest BCUT2D eigenvalue weighted by molar-refractivity contribution is -0.385. The molecule has 3 aromatic carbocycles. The molecule has 33 heavy (non-hydrogen) atoms. The van der Waals surface area contributed by atoms with Gasteiger partial charge in [-0.05, 0) is 55.0 Å². The zero-order valence-corrected chi connectivity index (χ0v) is 17.8. The lowest BCUT2D eigenvalue weighted by Gasteiger charge is -2.10. The molecule has 0 atom stereocenters. The molecule has 0 unspecified atom stereocenters. The van der Waals surface area contributed by atoms with E-state index in [-0.39, 0.29) is 32.9 Å². The van der Waals surface area contributed by atoms with E-state index in [0.717, 1.165) is 12.1 Å². The second kappa shape index (κ2) is 9.46. The zero-order chi connectivity index (χ0) is 24.2. The lowest BCUT2D eigenvalue weighted by atomic mass is 10.1. The van der Waals surface area contributed by atoms with Crippen LogP contribution in [0.5, 0.6) is 5.75 Å². The number of benzene rings is 3. The van der Waals surface area contributed by atoms with Crippen molar-refractivity contribution in [3.63, 3.8) is 0 Å². The van der Waals surface area contributed by atoms with E-state index in [4.69, 9.17) is 14.2 Å². The molecule has 0 aliphatic rings. The summed E-state index contributed by atoms with van der Waals surface area (Å²) in [5.41, 5.74) is 0.138. The molecule has 0 amide bonds. The Labute approximate surface area is 187 Å². The highest BCUT2D eigenvalue weighted by Crippen LogP contribution is 2.25. The molecular weight excluding hydrogens is 455 g/mol. The van der Waals surface area contributed by atoms with Crippen LogP contribution in [0.2, 0.25) is 0 Å². The average molecular weight is 470 g/mol. The second-order valence-corrected chi connectivity index (χ2v) is 8.28. The Morgan fingerprint density at radius 3 is 2.45 bits per heavy atom. The molecule has 0 fully saturated rings. The number of carbonyl (C=O) groups is 1. The first-order valence-electron chi connectivity index (χ1n) is 9.26. The molecular formula is C22H15FN2O7S. The summed E-state index contributed by atoms with van der Waals surface area (Å²) >= 11 is 0. The molecule has 3 aromatic rings. The van der Waals surface area contributed by atoms with Gasteiger partial charge in [0.1, 0.15) is 23.1 Å². The molecule has 0 aliphatic carbocycles. The number of hydrogen-bond donors (Lipinski definition) is 0. The molecule has 0 heterocycles. The topological polar surface area (TPSA) is 137 Å². The van der Waals surface area contributed by atoms with Crippen molar-refractivity contribution in [1.82, 2.24) is 0 Å². The van der Waals surface area contributed by atoms with Crippen molar-refractivity contribution in [3.05, 3.63) is 98.8 Å². The van der Waals surface area contributed by atoms with E-state index in [1.54, 1.807) is 0 Å². The van der Waals surface area contributed by atoms with Crippen molar-refractivity contribution in [2.45, 2.75) is 18.4 Å². The minimum Gasteiger partial charge on any atom is -0.457 e. The summed E-state index contributed by atoms with van der Waals surface area (Å²) in [6.45, 7) is 1.06. The average Bonchev–Trinajstić information content (AvgIpc) is 2.78. The Bertz CT molecular complexity index is 1380. The fourth-order valence-electron chi connectivity index (χ4n) is 2.77. The van der Waals surface area contributed by atoms with Crippen LogP contribution in [-0.2, 0) is 21.5 Å². The predicted molar refractivity (Wildman–Crippen MR) is 112 cm³/mol. The van der Waals surface area contributed by atoms with Crippen LogP contribution in [0.1, 0.15) is 27.0 Å². The Kier molecular flexibility index (Phi) is 6.69. The fraction of sp³-hybridized carbons (Fsp3) is 0.0909. The van der Waals surface area contributed by atoms with Crippen molar-refractivity contribution < 1.29 is 31.4 Å². The predicted octanol–water partition coefficient (Wildman–Crippen LogP) is 4.04. The van der Waals surface area contributed by atoms with Crippen LogP contribution < -0.4 is 4.18 Å². The molecule has 0 spiro atoms. The lowest BCUT2D eigenvalue weighted by Crippen LogP contribution is -2.12. The monoisotopic (exact) mass is 470 g/mol. The summed E-state index contributed by atoms with van der Waals surface area (Å²) in [6.07, 6.45) is 0. The van der Waals surface area contributed by atoms with Crippen LogP contribution in [0.4, 0.5) is 10.1 Å². The molecule has 3 rings (SSSR count). The molecule has 0 radical (unpaired) electrons. The summed E-state index contributed by atoms with van der Waals surface area (Å²) in [6, 6.07) is 13.8. The van der Waals surface area contributed by atoms with E-state index in [1.807, 2.05) is 6.07 Å². The number of nitro groups is 1. The maximum absolute atomic E-state index is 13.8. The number of nitrogens with zero attached hydrogens (tertiary/aromatic N) is 2. The van der Waals surface area contributed by atoms with Gasteiger partial charge in [-0.3, -0.25) is 10.1 Å². The number of esters is 1. The number of non-ortho nitro benzene ring substituents is 1. The van der Waals surface area contributed by atoms with Gasteiger partial charge in [-0.2, -0.15) is 13.7 Å². The SMILES string of the molecule is Cc1ccc([N+](=O)[O-])cc1S(=O)(=O)Oc1ccc(C(=O)OCc2cc(C#N)ccc2F)cc1. The number of aryl methyl sites for hydroxylation is 1. The third-order valence-electron chi connectivity index (χ3n) is 4.48. The number of halogens is 1. The van der Waals surface area contributed by atoms with Gasteiger partial charge in [-0.15, -0.1) is 0 Å². The summed E-state index contributed by atoms with van der Waals surface area (Å²) in [5, 5.41) is 19.8. The first-order valence-corrected chi connectivity index (χ1v) is 10.7. The smallest absolute Gasteiger partial charge is 0.339 e. The molecule has 0 aliphatic heterocycles. The van der Waals surface area contributed by atoms with Crippen LogP contribution in [-0.4, -0.2) is 19.3 Å². The number of nitriles is 1. The van der Waals surface area contributed by atoms with Gasteiger partial charge in [-0.1, -0.05) is 6.07 Å². The maximum Gasteiger partial charge on any atom is 0.339 e. The largest absolute Gasteiger partial charge is 0.457 e. The van der Waals surface area contributed by atoms with Crippen LogP contribution in [0, 0.1) is 34.2 Å². The number of hydrogen-bond acceptors (Lipinski definition) is 8. The minimum absolute atomic E-state index is 0.0285. The summed E-state index contributed by atoms with van der Waals surface area (Å²) in [4.78, 5) is 22.1. The van der Waals surface area contributed by atoms with Crippen molar-refractivity contribution in [2.75, 3.05) is 0 Å². The number of nitro benzene ring substituents is 1. The molecule has 168 valence electrons. The second-order valence-electron chi connectivity index (χ2n) is 6.76.